The Bertz CT molecular complexity index is 1040. The van der Waals surface area contributed by atoms with Gasteiger partial charge in [-0.25, -0.2) is 0 Å². The van der Waals surface area contributed by atoms with Crippen molar-refractivity contribution in [3.63, 3.8) is 0 Å². The van der Waals surface area contributed by atoms with Crippen molar-refractivity contribution in [1.29, 1.82) is 0 Å². The molecule has 0 spiro atoms. The van der Waals surface area contributed by atoms with Gasteiger partial charge in [-0.3, -0.25) is 4.79 Å². The number of furan rings is 2. The van der Waals surface area contributed by atoms with Crippen LogP contribution in [-0.4, -0.2) is 12.4 Å². The SMILES string of the molecule is O=C(c1ccco1)c1coc2ccc(OCC=Cc3ccccc3)cc12. The third-order valence-corrected chi connectivity index (χ3v) is 3.99. The Morgan fingerprint density at radius 3 is 2.69 bits per heavy atom. The molecule has 4 rings (SSSR count). The second kappa shape index (κ2) is 7.15. The first-order valence-electron chi connectivity index (χ1n) is 8.25. The van der Waals surface area contributed by atoms with Gasteiger partial charge in [0.1, 0.15) is 24.2 Å². The van der Waals surface area contributed by atoms with E-state index in [2.05, 4.69) is 0 Å². The Balaban J connectivity index is 1.51. The molecule has 0 bridgehead atoms. The van der Waals surface area contributed by atoms with E-state index in [4.69, 9.17) is 13.6 Å². The van der Waals surface area contributed by atoms with Crippen LogP contribution in [0.3, 0.4) is 0 Å². The standard InChI is InChI=1S/C22H16O4/c23-22(21-9-5-13-25-21)19-15-26-20-11-10-17(14-18(19)20)24-12-4-8-16-6-2-1-3-7-16/h1-11,13-15H,12H2. The Labute approximate surface area is 150 Å². The first-order chi connectivity index (χ1) is 12.8. The van der Waals surface area contributed by atoms with Gasteiger partial charge in [-0.1, -0.05) is 36.4 Å². The normalized spacial score (nSPS) is 11.2. The second-order valence-corrected chi connectivity index (χ2v) is 5.74. The van der Waals surface area contributed by atoms with E-state index < -0.39 is 0 Å². The fourth-order valence-electron chi connectivity index (χ4n) is 2.71. The van der Waals surface area contributed by atoms with Gasteiger partial charge >= 0.3 is 0 Å². The van der Waals surface area contributed by atoms with Crippen LogP contribution >= 0.6 is 0 Å². The molecule has 0 saturated carbocycles. The molecule has 4 nitrogen and oxygen atoms in total. The van der Waals surface area contributed by atoms with Crippen LogP contribution < -0.4 is 4.74 Å². The van der Waals surface area contributed by atoms with Crippen molar-refractivity contribution in [3.05, 3.63) is 96.2 Å². The molecule has 128 valence electrons. The zero-order valence-corrected chi connectivity index (χ0v) is 13.9. The van der Waals surface area contributed by atoms with E-state index in [1.807, 2.05) is 54.6 Å². The molecule has 0 aliphatic rings. The van der Waals surface area contributed by atoms with Gasteiger partial charge in [0, 0.05) is 5.39 Å². The first-order valence-corrected chi connectivity index (χ1v) is 8.25. The Kier molecular flexibility index (Phi) is 4.39. The molecule has 0 unspecified atom stereocenters. The number of hydrogen-bond acceptors (Lipinski definition) is 4. The van der Waals surface area contributed by atoms with Crippen LogP contribution in [0.2, 0.25) is 0 Å². The van der Waals surface area contributed by atoms with E-state index in [1.165, 1.54) is 12.5 Å². The van der Waals surface area contributed by atoms with Crippen LogP contribution in [-0.2, 0) is 0 Å². The maximum absolute atomic E-state index is 12.5. The lowest BCUT2D eigenvalue weighted by Crippen LogP contribution is -1.98. The van der Waals surface area contributed by atoms with Gasteiger partial charge < -0.3 is 13.6 Å². The zero-order chi connectivity index (χ0) is 17.8. The highest BCUT2D eigenvalue weighted by atomic mass is 16.5. The van der Waals surface area contributed by atoms with Crippen LogP contribution in [0.4, 0.5) is 0 Å². The summed E-state index contributed by atoms with van der Waals surface area (Å²) < 4.78 is 16.4. The summed E-state index contributed by atoms with van der Waals surface area (Å²) in [5.74, 6) is 0.741. The number of rotatable bonds is 6. The molecule has 0 amide bonds. The minimum absolute atomic E-state index is 0.213. The number of carbonyl (C=O) groups excluding carboxylic acids is 1. The number of ketones is 1. The fraction of sp³-hybridized carbons (Fsp3) is 0.0455. The van der Waals surface area contributed by atoms with Crippen LogP contribution in [0.15, 0.2) is 88.1 Å². The minimum Gasteiger partial charge on any atom is -0.490 e. The second-order valence-electron chi connectivity index (χ2n) is 5.74. The number of fused-ring (bicyclic) bond motifs is 1. The summed E-state index contributed by atoms with van der Waals surface area (Å²) in [7, 11) is 0. The number of hydrogen-bond donors (Lipinski definition) is 0. The van der Waals surface area contributed by atoms with Crippen LogP contribution in [0.5, 0.6) is 5.75 Å². The van der Waals surface area contributed by atoms with Crippen molar-refractivity contribution in [2.24, 2.45) is 0 Å². The molecular formula is C22H16O4. The molecule has 0 radical (unpaired) electrons. The molecular weight excluding hydrogens is 328 g/mol. The number of benzene rings is 2. The quantitative estimate of drug-likeness (QED) is 0.443. The van der Waals surface area contributed by atoms with Crippen LogP contribution in [0.25, 0.3) is 17.0 Å². The summed E-state index contributed by atoms with van der Waals surface area (Å²) in [5.41, 5.74) is 2.21. The zero-order valence-electron chi connectivity index (χ0n) is 13.9. The molecule has 0 saturated heterocycles. The predicted octanol–water partition coefficient (Wildman–Crippen LogP) is 5.35. The topological polar surface area (TPSA) is 52.6 Å². The third kappa shape index (κ3) is 3.30. The summed E-state index contributed by atoms with van der Waals surface area (Å²) in [5, 5.41) is 0.705. The summed E-state index contributed by atoms with van der Waals surface area (Å²) >= 11 is 0. The van der Waals surface area contributed by atoms with Gasteiger partial charge in [-0.05, 0) is 42.0 Å². The van der Waals surface area contributed by atoms with Crippen molar-refractivity contribution in [1.82, 2.24) is 0 Å². The first kappa shape index (κ1) is 16.0. The van der Waals surface area contributed by atoms with Crippen molar-refractivity contribution >= 4 is 22.8 Å². The Morgan fingerprint density at radius 2 is 1.88 bits per heavy atom. The molecule has 2 aromatic carbocycles. The highest BCUT2D eigenvalue weighted by Gasteiger charge is 2.18. The van der Waals surface area contributed by atoms with Crippen LogP contribution in [0, 0.1) is 0 Å². The summed E-state index contributed by atoms with van der Waals surface area (Å²) in [4.78, 5) is 12.5. The molecule has 0 aliphatic heterocycles. The van der Waals surface area contributed by atoms with Crippen molar-refractivity contribution in [2.45, 2.75) is 0 Å². The Hall–Kier alpha value is -3.53. The molecule has 26 heavy (non-hydrogen) atoms. The predicted molar refractivity (Wildman–Crippen MR) is 99.3 cm³/mol. The van der Waals surface area contributed by atoms with E-state index in [1.54, 1.807) is 18.2 Å². The lowest BCUT2D eigenvalue weighted by molar-refractivity contribution is 0.101. The third-order valence-electron chi connectivity index (χ3n) is 3.99. The van der Waals surface area contributed by atoms with Gasteiger partial charge in [-0.15, -0.1) is 0 Å². The molecule has 0 N–H and O–H groups in total. The van der Waals surface area contributed by atoms with Gasteiger partial charge in [0.15, 0.2) is 5.76 Å². The maximum atomic E-state index is 12.5. The van der Waals surface area contributed by atoms with Crippen LogP contribution in [0.1, 0.15) is 21.7 Å². The average Bonchev–Trinajstić information content (AvgIpc) is 3.35. The fourth-order valence-corrected chi connectivity index (χ4v) is 2.71. The molecule has 0 atom stereocenters. The van der Waals surface area contributed by atoms with E-state index in [-0.39, 0.29) is 11.5 Å². The summed E-state index contributed by atoms with van der Waals surface area (Å²) in [6.45, 7) is 0.430. The largest absolute Gasteiger partial charge is 0.490 e. The number of ether oxygens (including phenoxy) is 1. The highest BCUT2D eigenvalue weighted by molar-refractivity contribution is 6.14. The summed E-state index contributed by atoms with van der Waals surface area (Å²) in [6, 6.07) is 18.8. The number of carbonyl (C=O) groups is 1. The molecule has 0 aliphatic carbocycles. The van der Waals surface area contributed by atoms with Crippen molar-refractivity contribution < 1.29 is 18.4 Å². The molecule has 4 aromatic rings. The van der Waals surface area contributed by atoms with E-state index in [0.29, 0.717) is 28.9 Å². The Morgan fingerprint density at radius 1 is 1.00 bits per heavy atom. The smallest absolute Gasteiger partial charge is 0.232 e. The molecule has 0 fully saturated rings. The average molecular weight is 344 g/mol. The van der Waals surface area contributed by atoms with E-state index >= 15 is 0 Å². The van der Waals surface area contributed by atoms with E-state index in [0.717, 1.165) is 5.56 Å². The molecule has 2 heterocycles. The molecule has 4 heteroatoms. The molecule has 2 aromatic heterocycles. The highest BCUT2D eigenvalue weighted by Crippen LogP contribution is 2.27. The maximum Gasteiger partial charge on any atom is 0.232 e. The van der Waals surface area contributed by atoms with Crippen molar-refractivity contribution in [2.75, 3.05) is 6.61 Å². The van der Waals surface area contributed by atoms with Gasteiger partial charge in [0.05, 0.1) is 11.8 Å². The van der Waals surface area contributed by atoms with E-state index in [9.17, 15) is 4.79 Å². The van der Waals surface area contributed by atoms with Gasteiger partial charge in [-0.2, -0.15) is 0 Å². The minimum atomic E-state index is -0.213. The lowest BCUT2D eigenvalue weighted by atomic mass is 10.1. The van der Waals surface area contributed by atoms with Crippen molar-refractivity contribution in [3.8, 4) is 5.75 Å². The van der Waals surface area contributed by atoms with Gasteiger partial charge in [0.2, 0.25) is 5.78 Å². The summed E-state index contributed by atoms with van der Waals surface area (Å²) in [6.07, 6.45) is 6.88. The van der Waals surface area contributed by atoms with Gasteiger partial charge in [0.25, 0.3) is 0 Å². The monoisotopic (exact) mass is 344 g/mol. The lowest BCUT2D eigenvalue weighted by Gasteiger charge is -2.03.